The second-order valence-electron chi connectivity index (χ2n) is 7.20. The van der Waals surface area contributed by atoms with Crippen LogP contribution in [0.15, 0.2) is 76.9 Å². The van der Waals surface area contributed by atoms with E-state index in [0.29, 0.717) is 16.0 Å². The number of fused-ring (bicyclic) bond motifs is 2. The predicted molar refractivity (Wildman–Crippen MR) is 119 cm³/mol. The van der Waals surface area contributed by atoms with Crippen molar-refractivity contribution in [3.63, 3.8) is 0 Å². The lowest BCUT2D eigenvalue weighted by molar-refractivity contribution is -0.0500. The van der Waals surface area contributed by atoms with Gasteiger partial charge in [-0.2, -0.15) is 8.78 Å². The first-order valence-corrected chi connectivity index (χ1v) is 10.3. The Morgan fingerprint density at radius 1 is 1.03 bits per heavy atom. The van der Waals surface area contributed by atoms with Gasteiger partial charge < -0.3 is 18.6 Å². The van der Waals surface area contributed by atoms with E-state index in [-0.39, 0.29) is 39.9 Å². The van der Waals surface area contributed by atoms with Gasteiger partial charge >= 0.3 is 12.6 Å². The molecule has 0 fully saturated rings. The first-order valence-electron chi connectivity index (χ1n) is 9.91. The van der Waals surface area contributed by atoms with Crippen molar-refractivity contribution in [3.05, 3.63) is 94.4 Å². The monoisotopic (exact) mass is 482 g/mol. The summed E-state index contributed by atoms with van der Waals surface area (Å²) in [5.74, 6) is -1.12. The standard InChI is InChI=1S/C25H13ClF2O6/c26-15-5-8-19-14(9-15)11-22(32-19)24(30)31-16-6-7-17-20(12-16)33-21(23(17)29)10-13-3-1-2-4-18(13)34-25(27)28/h1-12,25H/b21-10-. The van der Waals surface area contributed by atoms with Crippen LogP contribution >= 0.6 is 11.6 Å². The Morgan fingerprint density at radius 2 is 1.85 bits per heavy atom. The molecule has 34 heavy (non-hydrogen) atoms. The number of esters is 1. The first kappa shape index (κ1) is 21.7. The number of ketones is 1. The van der Waals surface area contributed by atoms with E-state index in [9.17, 15) is 18.4 Å². The summed E-state index contributed by atoms with van der Waals surface area (Å²) in [5, 5.41) is 1.15. The van der Waals surface area contributed by atoms with Crippen LogP contribution in [0.2, 0.25) is 5.02 Å². The number of furan rings is 1. The molecular formula is C25H13ClF2O6. The number of benzene rings is 3. The molecule has 3 aromatic carbocycles. The third kappa shape index (κ3) is 4.23. The Hall–Kier alpha value is -4.17. The molecule has 0 N–H and O–H groups in total. The maximum absolute atomic E-state index is 12.7. The van der Waals surface area contributed by atoms with Gasteiger partial charge in [-0.1, -0.05) is 29.8 Å². The fourth-order valence-electron chi connectivity index (χ4n) is 3.45. The smallest absolute Gasteiger partial charge is 0.387 e. The van der Waals surface area contributed by atoms with Crippen molar-refractivity contribution >= 4 is 40.4 Å². The van der Waals surface area contributed by atoms with Gasteiger partial charge in [0, 0.05) is 22.0 Å². The molecule has 0 spiro atoms. The van der Waals surface area contributed by atoms with E-state index in [2.05, 4.69) is 4.74 Å². The molecule has 6 nitrogen and oxygen atoms in total. The minimum absolute atomic E-state index is 0.0222. The molecule has 9 heteroatoms. The molecule has 0 aliphatic carbocycles. The van der Waals surface area contributed by atoms with E-state index < -0.39 is 18.4 Å². The molecule has 1 aliphatic heterocycles. The van der Waals surface area contributed by atoms with Crippen LogP contribution in [0, 0.1) is 0 Å². The average Bonchev–Trinajstić information content (AvgIpc) is 3.35. The maximum atomic E-state index is 12.7. The second-order valence-corrected chi connectivity index (χ2v) is 7.63. The van der Waals surface area contributed by atoms with Gasteiger partial charge in [-0.3, -0.25) is 4.79 Å². The van der Waals surface area contributed by atoms with Crippen molar-refractivity contribution < 1.29 is 37.0 Å². The Balaban J connectivity index is 1.37. The topological polar surface area (TPSA) is 75.0 Å². The van der Waals surface area contributed by atoms with Crippen LogP contribution < -0.4 is 14.2 Å². The third-order valence-corrected chi connectivity index (χ3v) is 5.19. The number of para-hydroxylation sites is 1. The second kappa shape index (κ2) is 8.64. The van der Waals surface area contributed by atoms with Crippen molar-refractivity contribution in [2.45, 2.75) is 6.61 Å². The molecule has 5 rings (SSSR count). The number of hydrogen-bond acceptors (Lipinski definition) is 6. The molecule has 0 bridgehead atoms. The van der Waals surface area contributed by atoms with Crippen LogP contribution in [0.25, 0.3) is 17.0 Å². The van der Waals surface area contributed by atoms with E-state index in [1.807, 2.05) is 0 Å². The van der Waals surface area contributed by atoms with E-state index in [1.54, 1.807) is 24.3 Å². The van der Waals surface area contributed by atoms with Crippen molar-refractivity contribution in [1.29, 1.82) is 0 Å². The summed E-state index contributed by atoms with van der Waals surface area (Å²) in [6, 6.07) is 16.7. The summed E-state index contributed by atoms with van der Waals surface area (Å²) in [6.07, 6.45) is 1.31. The highest BCUT2D eigenvalue weighted by molar-refractivity contribution is 6.31. The molecule has 1 aliphatic rings. The number of rotatable bonds is 5. The Morgan fingerprint density at radius 3 is 2.68 bits per heavy atom. The molecule has 170 valence electrons. The lowest BCUT2D eigenvalue weighted by Gasteiger charge is -2.08. The Bertz CT molecular complexity index is 1470. The molecule has 0 unspecified atom stereocenters. The highest BCUT2D eigenvalue weighted by Crippen LogP contribution is 2.36. The van der Waals surface area contributed by atoms with Gasteiger partial charge in [0.15, 0.2) is 5.76 Å². The van der Waals surface area contributed by atoms with Gasteiger partial charge in [0.05, 0.1) is 5.56 Å². The molecule has 0 radical (unpaired) electrons. The average molecular weight is 483 g/mol. The predicted octanol–water partition coefficient (Wildman–Crippen LogP) is 6.52. The Labute approximate surface area is 195 Å². The normalized spacial score (nSPS) is 13.9. The summed E-state index contributed by atoms with van der Waals surface area (Å²) in [6.45, 7) is -3.02. The lowest BCUT2D eigenvalue weighted by Crippen LogP contribution is -2.07. The van der Waals surface area contributed by atoms with Gasteiger partial charge in [-0.25, -0.2) is 4.79 Å². The summed E-state index contributed by atoms with van der Waals surface area (Å²) < 4.78 is 46.3. The van der Waals surface area contributed by atoms with Crippen LogP contribution in [0.1, 0.15) is 26.5 Å². The zero-order valence-electron chi connectivity index (χ0n) is 17.1. The van der Waals surface area contributed by atoms with Gasteiger partial charge in [0.1, 0.15) is 22.8 Å². The van der Waals surface area contributed by atoms with E-state index in [1.165, 1.54) is 48.5 Å². The minimum atomic E-state index is -3.02. The number of carbonyl (C=O) groups excluding carboxylic acids is 2. The van der Waals surface area contributed by atoms with Crippen LogP contribution in [0.3, 0.4) is 0 Å². The van der Waals surface area contributed by atoms with E-state index in [4.69, 9.17) is 25.5 Å². The lowest BCUT2D eigenvalue weighted by atomic mass is 10.1. The summed E-state index contributed by atoms with van der Waals surface area (Å²) >= 11 is 5.95. The molecule has 2 heterocycles. The summed E-state index contributed by atoms with van der Waals surface area (Å²) in [5.41, 5.74) is 0.956. The molecule has 0 amide bonds. The highest BCUT2D eigenvalue weighted by Gasteiger charge is 2.29. The van der Waals surface area contributed by atoms with Gasteiger partial charge in [0.2, 0.25) is 11.5 Å². The van der Waals surface area contributed by atoms with Crippen molar-refractivity contribution in [2.24, 2.45) is 0 Å². The SMILES string of the molecule is O=C(Oc1ccc2c(c1)O/C(=C\c1ccccc1OC(F)F)C2=O)c1cc2cc(Cl)ccc2o1. The summed E-state index contributed by atoms with van der Waals surface area (Å²) in [4.78, 5) is 25.2. The molecule has 0 saturated carbocycles. The van der Waals surface area contributed by atoms with Gasteiger partial charge in [-0.15, -0.1) is 0 Å². The number of allylic oxidation sites excluding steroid dienone is 1. The van der Waals surface area contributed by atoms with Crippen LogP contribution in [-0.2, 0) is 0 Å². The number of halogens is 3. The Kier molecular flexibility index (Phi) is 5.51. The van der Waals surface area contributed by atoms with Crippen molar-refractivity contribution in [1.82, 2.24) is 0 Å². The molecule has 0 saturated heterocycles. The summed E-state index contributed by atoms with van der Waals surface area (Å²) in [7, 11) is 0. The molecule has 4 aromatic rings. The zero-order chi connectivity index (χ0) is 23.8. The number of hydrogen-bond donors (Lipinski definition) is 0. The van der Waals surface area contributed by atoms with E-state index >= 15 is 0 Å². The highest BCUT2D eigenvalue weighted by atomic mass is 35.5. The van der Waals surface area contributed by atoms with E-state index in [0.717, 1.165) is 0 Å². The number of Topliss-reactive ketones (excluding diaryl/α,β-unsaturated/α-hetero) is 1. The number of carbonyl (C=O) groups is 2. The third-order valence-electron chi connectivity index (χ3n) is 4.95. The van der Waals surface area contributed by atoms with Crippen LogP contribution in [0.4, 0.5) is 8.78 Å². The fraction of sp³-hybridized carbons (Fsp3) is 0.0400. The number of ether oxygens (including phenoxy) is 3. The largest absolute Gasteiger partial charge is 0.452 e. The quantitative estimate of drug-likeness (QED) is 0.183. The van der Waals surface area contributed by atoms with Gasteiger partial charge in [-0.05, 0) is 48.5 Å². The van der Waals surface area contributed by atoms with Crippen molar-refractivity contribution in [3.8, 4) is 17.2 Å². The molecule has 1 aromatic heterocycles. The molecule has 0 atom stereocenters. The maximum Gasteiger partial charge on any atom is 0.387 e. The fourth-order valence-corrected chi connectivity index (χ4v) is 3.63. The molecular weight excluding hydrogens is 470 g/mol. The zero-order valence-corrected chi connectivity index (χ0v) is 17.8. The van der Waals surface area contributed by atoms with Crippen molar-refractivity contribution in [2.75, 3.05) is 0 Å². The van der Waals surface area contributed by atoms with Crippen LogP contribution in [0.5, 0.6) is 17.2 Å². The van der Waals surface area contributed by atoms with Gasteiger partial charge in [0.25, 0.3) is 0 Å². The van der Waals surface area contributed by atoms with Crippen LogP contribution in [-0.4, -0.2) is 18.4 Å². The minimum Gasteiger partial charge on any atom is -0.452 e. The number of alkyl halides is 2. The first-order chi connectivity index (χ1) is 16.4.